The van der Waals surface area contributed by atoms with Gasteiger partial charge in [-0.05, 0) is 39.5 Å². The van der Waals surface area contributed by atoms with Crippen LogP contribution in [0.4, 0.5) is 4.79 Å². The number of rotatable bonds is 3. The van der Waals surface area contributed by atoms with Gasteiger partial charge < -0.3 is 9.84 Å². The Kier molecular flexibility index (Phi) is 5.87. The molecule has 2 rings (SSSR count). The number of carboxylic acids is 1. The Morgan fingerprint density at radius 3 is 2.33 bits per heavy atom. The molecule has 1 atom stereocenters. The molecule has 1 aliphatic carbocycles. The smallest absolute Gasteiger partial charge is 0.411 e. The van der Waals surface area contributed by atoms with E-state index < -0.39 is 23.7 Å². The van der Waals surface area contributed by atoms with Gasteiger partial charge in [-0.3, -0.25) is 9.80 Å². The summed E-state index contributed by atoms with van der Waals surface area (Å²) >= 11 is 0. The van der Waals surface area contributed by atoms with Gasteiger partial charge >= 0.3 is 12.1 Å². The molecular formula is C14H25ClN2O4. The largest absolute Gasteiger partial charge is 0.480 e. The highest BCUT2D eigenvalue weighted by Crippen LogP contribution is 2.30. The molecule has 1 heterocycles. The first kappa shape index (κ1) is 18.0. The fourth-order valence-corrected chi connectivity index (χ4v) is 2.42. The number of amides is 1. The predicted molar refractivity (Wildman–Crippen MR) is 80.8 cm³/mol. The Balaban J connectivity index is 0.00000220. The van der Waals surface area contributed by atoms with E-state index in [-0.39, 0.29) is 12.4 Å². The summed E-state index contributed by atoms with van der Waals surface area (Å²) in [5.74, 6) is -0.242. The van der Waals surface area contributed by atoms with Crippen LogP contribution >= 0.6 is 12.4 Å². The maximum absolute atomic E-state index is 12.1. The molecule has 0 spiro atoms. The van der Waals surface area contributed by atoms with E-state index in [0.29, 0.717) is 13.1 Å². The fraction of sp³-hybridized carbons (Fsp3) is 0.857. The van der Waals surface area contributed by atoms with Crippen molar-refractivity contribution in [2.45, 2.75) is 45.3 Å². The highest BCUT2D eigenvalue weighted by molar-refractivity contribution is 5.85. The molecule has 1 unspecified atom stereocenters. The number of carbonyl (C=O) groups excluding carboxylic acids is 1. The maximum atomic E-state index is 12.1. The normalized spacial score (nSPS) is 23.4. The molecule has 1 saturated carbocycles. The first-order valence-corrected chi connectivity index (χ1v) is 7.21. The summed E-state index contributed by atoms with van der Waals surface area (Å²) in [5, 5.41) is 9.35. The summed E-state index contributed by atoms with van der Waals surface area (Å²) in [6.07, 6.45) is 1.95. The maximum Gasteiger partial charge on any atom is 0.411 e. The molecule has 21 heavy (non-hydrogen) atoms. The lowest BCUT2D eigenvalue weighted by molar-refractivity contribution is -0.145. The van der Waals surface area contributed by atoms with Gasteiger partial charge in [-0.15, -0.1) is 12.4 Å². The van der Waals surface area contributed by atoms with Crippen LogP contribution in [0.1, 0.15) is 33.6 Å². The predicted octanol–water partition coefficient (Wildman–Crippen LogP) is 1.82. The Bertz CT molecular complexity index is 393. The summed E-state index contributed by atoms with van der Waals surface area (Å²) in [5.41, 5.74) is -0.606. The van der Waals surface area contributed by atoms with Crippen molar-refractivity contribution in [3.63, 3.8) is 0 Å². The molecule has 0 aromatic rings. The molecule has 7 heteroatoms. The topological polar surface area (TPSA) is 70.1 Å². The summed E-state index contributed by atoms with van der Waals surface area (Å²) < 4.78 is 5.29. The second kappa shape index (κ2) is 6.83. The zero-order valence-corrected chi connectivity index (χ0v) is 13.7. The summed E-state index contributed by atoms with van der Waals surface area (Å²) in [6.45, 7) is 7.83. The second-order valence-corrected chi connectivity index (χ2v) is 6.73. The minimum atomic E-state index is -0.962. The molecule has 2 fully saturated rings. The number of nitrogens with zero attached hydrogens (tertiary/aromatic N) is 2. The van der Waals surface area contributed by atoms with E-state index in [1.807, 2.05) is 0 Å². The number of carboxylic acid groups (broad SMARTS) is 1. The first-order valence-electron chi connectivity index (χ1n) is 7.21. The molecule has 0 bridgehead atoms. The minimum Gasteiger partial charge on any atom is -0.480 e. The number of aliphatic carboxylic acids is 1. The van der Waals surface area contributed by atoms with Crippen molar-refractivity contribution in [2.75, 3.05) is 26.2 Å². The number of hydrogen-bond acceptors (Lipinski definition) is 4. The second-order valence-electron chi connectivity index (χ2n) is 6.73. The minimum absolute atomic E-state index is 0. The first-order chi connectivity index (χ1) is 9.26. The van der Waals surface area contributed by atoms with Crippen molar-refractivity contribution in [1.82, 2.24) is 9.80 Å². The van der Waals surface area contributed by atoms with Gasteiger partial charge in [0.25, 0.3) is 0 Å². The molecule has 1 N–H and O–H groups in total. The van der Waals surface area contributed by atoms with E-state index in [4.69, 9.17) is 4.74 Å². The molecule has 0 aromatic heterocycles. The van der Waals surface area contributed by atoms with Crippen LogP contribution < -0.4 is 0 Å². The fourth-order valence-electron chi connectivity index (χ4n) is 2.42. The van der Waals surface area contributed by atoms with Crippen molar-refractivity contribution in [2.24, 2.45) is 5.92 Å². The van der Waals surface area contributed by atoms with Crippen LogP contribution in [0, 0.1) is 5.92 Å². The van der Waals surface area contributed by atoms with Crippen LogP contribution in [0.2, 0.25) is 0 Å². The molecule has 2 aliphatic rings. The van der Waals surface area contributed by atoms with Gasteiger partial charge in [0, 0.05) is 26.2 Å². The van der Waals surface area contributed by atoms with E-state index in [1.165, 1.54) is 17.7 Å². The number of ether oxygens (including phenoxy) is 1. The monoisotopic (exact) mass is 320 g/mol. The van der Waals surface area contributed by atoms with Crippen molar-refractivity contribution in [1.29, 1.82) is 0 Å². The lowest BCUT2D eigenvalue weighted by Gasteiger charge is -2.39. The van der Waals surface area contributed by atoms with Gasteiger partial charge in [0.05, 0.1) is 0 Å². The van der Waals surface area contributed by atoms with Crippen molar-refractivity contribution in [3.05, 3.63) is 0 Å². The molecule has 0 aromatic carbocycles. The van der Waals surface area contributed by atoms with Crippen molar-refractivity contribution in [3.8, 4) is 0 Å². The molecule has 1 saturated heterocycles. The van der Waals surface area contributed by atoms with Crippen molar-refractivity contribution < 1.29 is 19.4 Å². The lowest BCUT2D eigenvalue weighted by atomic mass is 10.1. The summed E-state index contributed by atoms with van der Waals surface area (Å²) in [4.78, 5) is 27.0. The van der Waals surface area contributed by atoms with Gasteiger partial charge in [0.15, 0.2) is 0 Å². The van der Waals surface area contributed by atoms with E-state index in [2.05, 4.69) is 4.90 Å². The van der Waals surface area contributed by atoms with Crippen molar-refractivity contribution >= 4 is 24.5 Å². The zero-order chi connectivity index (χ0) is 14.9. The molecule has 1 amide bonds. The number of hydrogen-bond donors (Lipinski definition) is 1. The van der Waals surface area contributed by atoms with Gasteiger partial charge in [0.1, 0.15) is 11.6 Å². The summed E-state index contributed by atoms with van der Waals surface area (Å²) in [6, 6.07) is -0.808. The zero-order valence-electron chi connectivity index (χ0n) is 12.9. The Morgan fingerprint density at radius 1 is 1.24 bits per heavy atom. The third-order valence-corrected chi connectivity index (χ3v) is 3.59. The van der Waals surface area contributed by atoms with Crippen LogP contribution in [0.3, 0.4) is 0 Å². The van der Waals surface area contributed by atoms with Crippen LogP contribution in [-0.2, 0) is 9.53 Å². The van der Waals surface area contributed by atoms with E-state index in [0.717, 1.165) is 19.0 Å². The summed E-state index contributed by atoms with van der Waals surface area (Å²) in [7, 11) is 0. The molecule has 0 radical (unpaired) electrons. The Hall–Kier alpha value is -1.01. The van der Waals surface area contributed by atoms with E-state index >= 15 is 0 Å². The highest BCUT2D eigenvalue weighted by Gasteiger charge is 2.38. The SMILES string of the molecule is CC(C)(C)OC(=O)N1CCN(CC2CC2)CC1C(=O)O.Cl. The van der Waals surface area contributed by atoms with Gasteiger partial charge in [0.2, 0.25) is 0 Å². The average molecular weight is 321 g/mol. The third kappa shape index (κ3) is 5.36. The number of halogens is 1. The quantitative estimate of drug-likeness (QED) is 0.859. The lowest BCUT2D eigenvalue weighted by Crippen LogP contribution is -2.59. The molecule has 122 valence electrons. The van der Waals surface area contributed by atoms with E-state index in [9.17, 15) is 14.7 Å². The number of carbonyl (C=O) groups is 2. The van der Waals surface area contributed by atoms with Gasteiger partial charge in [-0.1, -0.05) is 0 Å². The van der Waals surface area contributed by atoms with Gasteiger partial charge in [-0.25, -0.2) is 9.59 Å². The third-order valence-electron chi connectivity index (χ3n) is 3.59. The standard InChI is InChI=1S/C14H24N2O4.ClH/c1-14(2,3)20-13(19)16-7-6-15(8-10-4-5-10)9-11(16)12(17)18;/h10-11H,4-9H2,1-3H3,(H,17,18);1H. The van der Waals surface area contributed by atoms with Gasteiger partial charge in [-0.2, -0.15) is 0 Å². The average Bonchev–Trinajstić information content (AvgIpc) is 3.10. The van der Waals surface area contributed by atoms with Crippen LogP contribution in [0.25, 0.3) is 0 Å². The molecule has 1 aliphatic heterocycles. The highest BCUT2D eigenvalue weighted by atomic mass is 35.5. The molecule has 6 nitrogen and oxygen atoms in total. The number of piperazine rings is 1. The van der Waals surface area contributed by atoms with E-state index in [1.54, 1.807) is 20.8 Å². The van der Waals surface area contributed by atoms with Crippen LogP contribution in [0.5, 0.6) is 0 Å². The Labute approximate surface area is 131 Å². The van der Waals surface area contributed by atoms with Crippen LogP contribution in [0.15, 0.2) is 0 Å². The van der Waals surface area contributed by atoms with Crippen LogP contribution in [-0.4, -0.2) is 64.8 Å². The molecular weight excluding hydrogens is 296 g/mol. The Morgan fingerprint density at radius 2 is 1.86 bits per heavy atom.